The van der Waals surface area contributed by atoms with Crippen LogP contribution >= 0.6 is 0 Å². The maximum Gasteiger partial charge on any atom is 0.0629 e. The van der Waals surface area contributed by atoms with Crippen LogP contribution < -0.4 is 0 Å². The zero-order chi connectivity index (χ0) is 22.4. The molecule has 3 rings (SSSR count). The van der Waals surface area contributed by atoms with Crippen molar-refractivity contribution in [2.45, 2.75) is 78.1 Å². The van der Waals surface area contributed by atoms with Crippen LogP contribution in [0.25, 0.3) is 11.1 Å². The molecule has 0 fully saturated rings. The SMILES string of the molecule is CCCCCCc1ccc(CCCCCC)c(-c2ccc(C=Nc3ccccc3)cc2)c1. The monoisotopic (exact) mass is 425 g/mol. The van der Waals surface area contributed by atoms with Gasteiger partial charge in [-0.2, -0.15) is 0 Å². The van der Waals surface area contributed by atoms with Crippen molar-refractivity contribution in [2.75, 3.05) is 0 Å². The molecule has 32 heavy (non-hydrogen) atoms. The highest BCUT2D eigenvalue weighted by Crippen LogP contribution is 2.28. The second-order valence-electron chi connectivity index (χ2n) is 8.83. The lowest BCUT2D eigenvalue weighted by Gasteiger charge is -2.13. The van der Waals surface area contributed by atoms with Crippen molar-refractivity contribution in [2.24, 2.45) is 4.99 Å². The molecule has 3 aromatic carbocycles. The fourth-order valence-corrected chi connectivity index (χ4v) is 4.18. The van der Waals surface area contributed by atoms with E-state index in [9.17, 15) is 0 Å². The lowest BCUT2D eigenvalue weighted by molar-refractivity contribution is 0.664. The van der Waals surface area contributed by atoms with E-state index in [0.29, 0.717) is 0 Å². The third-order valence-corrected chi connectivity index (χ3v) is 6.13. The van der Waals surface area contributed by atoms with Crippen molar-refractivity contribution in [3.8, 4) is 11.1 Å². The normalized spacial score (nSPS) is 11.3. The van der Waals surface area contributed by atoms with Gasteiger partial charge in [-0.1, -0.05) is 113 Å². The van der Waals surface area contributed by atoms with E-state index in [0.717, 1.165) is 11.3 Å². The molecule has 168 valence electrons. The summed E-state index contributed by atoms with van der Waals surface area (Å²) in [7, 11) is 0. The van der Waals surface area contributed by atoms with Crippen molar-refractivity contribution in [3.05, 3.63) is 89.5 Å². The van der Waals surface area contributed by atoms with E-state index in [1.807, 2.05) is 36.5 Å². The van der Waals surface area contributed by atoms with Crippen molar-refractivity contribution in [3.63, 3.8) is 0 Å². The van der Waals surface area contributed by atoms with Gasteiger partial charge in [0.05, 0.1) is 5.69 Å². The summed E-state index contributed by atoms with van der Waals surface area (Å²) in [5, 5.41) is 0. The maximum atomic E-state index is 4.59. The van der Waals surface area contributed by atoms with Crippen LogP contribution in [-0.2, 0) is 12.8 Å². The summed E-state index contributed by atoms with van der Waals surface area (Å²) < 4.78 is 0. The molecule has 0 atom stereocenters. The van der Waals surface area contributed by atoms with Gasteiger partial charge in [0.15, 0.2) is 0 Å². The second kappa shape index (κ2) is 13.7. The summed E-state index contributed by atoms with van der Waals surface area (Å²) in [5.41, 5.74) is 7.83. The number of para-hydroxylation sites is 1. The molecule has 0 saturated heterocycles. The van der Waals surface area contributed by atoms with Gasteiger partial charge in [-0.3, -0.25) is 4.99 Å². The van der Waals surface area contributed by atoms with Crippen molar-refractivity contribution < 1.29 is 0 Å². The largest absolute Gasteiger partial charge is 0.256 e. The Hall–Kier alpha value is -2.67. The van der Waals surface area contributed by atoms with Gasteiger partial charge in [-0.25, -0.2) is 0 Å². The van der Waals surface area contributed by atoms with Gasteiger partial charge < -0.3 is 0 Å². The average molecular weight is 426 g/mol. The molecule has 0 bridgehead atoms. The van der Waals surface area contributed by atoms with E-state index in [-0.39, 0.29) is 0 Å². The summed E-state index contributed by atoms with van der Waals surface area (Å²) in [4.78, 5) is 4.59. The Morgan fingerprint density at radius 1 is 0.656 bits per heavy atom. The molecule has 3 aromatic rings. The topological polar surface area (TPSA) is 12.4 Å². The summed E-state index contributed by atoms with van der Waals surface area (Å²) in [6.45, 7) is 4.56. The highest BCUT2D eigenvalue weighted by molar-refractivity contribution is 5.83. The van der Waals surface area contributed by atoms with Crippen LogP contribution in [0.3, 0.4) is 0 Å². The Bertz CT molecular complexity index is 938. The molecule has 0 aliphatic heterocycles. The number of hydrogen-bond donors (Lipinski definition) is 0. The molecular formula is C31H39N. The molecule has 0 unspecified atom stereocenters. The number of rotatable bonds is 13. The smallest absolute Gasteiger partial charge is 0.0629 e. The number of hydrogen-bond acceptors (Lipinski definition) is 1. The highest BCUT2D eigenvalue weighted by atomic mass is 14.7. The molecule has 0 amide bonds. The molecule has 0 aliphatic carbocycles. The van der Waals surface area contributed by atoms with Gasteiger partial charge >= 0.3 is 0 Å². The van der Waals surface area contributed by atoms with E-state index < -0.39 is 0 Å². The fourth-order valence-electron chi connectivity index (χ4n) is 4.18. The fraction of sp³-hybridized carbons (Fsp3) is 0.387. The highest BCUT2D eigenvalue weighted by Gasteiger charge is 2.08. The minimum absolute atomic E-state index is 0.988. The third-order valence-electron chi connectivity index (χ3n) is 6.13. The predicted molar refractivity (Wildman–Crippen MR) is 141 cm³/mol. The van der Waals surface area contributed by atoms with E-state index in [2.05, 4.69) is 61.3 Å². The van der Waals surface area contributed by atoms with Crippen LogP contribution in [0, 0.1) is 0 Å². The molecular weight excluding hydrogens is 386 g/mol. The minimum atomic E-state index is 0.988. The molecule has 1 heteroatoms. The summed E-state index contributed by atoms with van der Waals surface area (Å²) in [6, 6.07) is 26.2. The first kappa shape index (κ1) is 24.0. The van der Waals surface area contributed by atoms with E-state index in [1.165, 1.54) is 86.5 Å². The Kier molecular flexibility index (Phi) is 10.3. The number of benzene rings is 3. The molecule has 0 saturated carbocycles. The van der Waals surface area contributed by atoms with Crippen LogP contribution in [0.5, 0.6) is 0 Å². The van der Waals surface area contributed by atoms with E-state index >= 15 is 0 Å². The van der Waals surface area contributed by atoms with E-state index in [1.54, 1.807) is 0 Å². The number of unbranched alkanes of at least 4 members (excludes halogenated alkanes) is 6. The summed E-state index contributed by atoms with van der Waals surface area (Å²) >= 11 is 0. The van der Waals surface area contributed by atoms with Gasteiger partial charge in [0, 0.05) is 6.21 Å². The Labute approximate surface area is 195 Å². The quantitative estimate of drug-likeness (QED) is 0.191. The van der Waals surface area contributed by atoms with Gasteiger partial charge in [0.25, 0.3) is 0 Å². The maximum absolute atomic E-state index is 4.59. The number of nitrogens with zero attached hydrogens (tertiary/aromatic N) is 1. The Morgan fingerprint density at radius 3 is 2.03 bits per heavy atom. The minimum Gasteiger partial charge on any atom is -0.256 e. The van der Waals surface area contributed by atoms with Gasteiger partial charge in [0.1, 0.15) is 0 Å². The van der Waals surface area contributed by atoms with Crippen LogP contribution in [0.15, 0.2) is 77.8 Å². The number of aryl methyl sites for hydroxylation is 2. The van der Waals surface area contributed by atoms with Gasteiger partial charge in [-0.15, -0.1) is 0 Å². The summed E-state index contributed by atoms with van der Waals surface area (Å²) in [5.74, 6) is 0. The van der Waals surface area contributed by atoms with Gasteiger partial charge in [-0.05, 0) is 65.6 Å². The number of aliphatic imine (C=N–C) groups is 1. The summed E-state index contributed by atoms with van der Waals surface area (Å²) in [6.07, 6.45) is 14.8. The molecule has 0 spiro atoms. The Morgan fingerprint density at radius 2 is 1.34 bits per heavy atom. The second-order valence-corrected chi connectivity index (χ2v) is 8.83. The molecule has 0 heterocycles. The van der Waals surface area contributed by atoms with Gasteiger partial charge in [0.2, 0.25) is 0 Å². The molecule has 0 aromatic heterocycles. The lowest BCUT2D eigenvalue weighted by atomic mass is 9.92. The molecule has 0 aliphatic rings. The standard InChI is InChI=1S/C31H39N/c1-3-5-7-10-14-26-18-21-28(15-11-8-6-4-2)31(24-26)29-22-19-27(20-23-29)25-32-30-16-12-9-13-17-30/h9,12-13,16-25H,3-8,10-11,14-15H2,1-2H3. The predicted octanol–water partition coefficient (Wildman–Crippen LogP) is 9.35. The van der Waals surface area contributed by atoms with Crippen molar-refractivity contribution in [1.29, 1.82) is 0 Å². The van der Waals surface area contributed by atoms with Crippen LogP contribution in [-0.4, -0.2) is 6.21 Å². The zero-order valence-corrected chi connectivity index (χ0v) is 20.0. The molecule has 1 nitrogen and oxygen atoms in total. The van der Waals surface area contributed by atoms with Crippen LogP contribution in [0.1, 0.15) is 81.9 Å². The third kappa shape index (κ3) is 7.79. The van der Waals surface area contributed by atoms with Crippen LogP contribution in [0.4, 0.5) is 5.69 Å². The van der Waals surface area contributed by atoms with E-state index in [4.69, 9.17) is 0 Å². The first-order valence-electron chi connectivity index (χ1n) is 12.6. The lowest BCUT2D eigenvalue weighted by Crippen LogP contribution is -1.95. The Balaban J connectivity index is 1.76. The van der Waals surface area contributed by atoms with Crippen LogP contribution in [0.2, 0.25) is 0 Å². The van der Waals surface area contributed by atoms with Crippen molar-refractivity contribution >= 4 is 11.9 Å². The average Bonchev–Trinajstić information content (AvgIpc) is 2.85. The van der Waals surface area contributed by atoms with Crippen molar-refractivity contribution in [1.82, 2.24) is 0 Å². The first-order valence-corrected chi connectivity index (χ1v) is 12.6. The molecule has 0 radical (unpaired) electrons. The first-order chi connectivity index (χ1) is 15.8. The zero-order valence-electron chi connectivity index (χ0n) is 20.0. The molecule has 0 N–H and O–H groups in total.